The second-order valence-electron chi connectivity index (χ2n) is 7.78. The molecule has 1 N–H and O–H groups in total. The third-order valence-electron chi connectivity index (χ3n) is 5.40. The molecule has 1 aliphatic heterocycles. The van der Waals surface area contributed by atoms with E-state index >= 15 is 0 Å². The van der Waals surface area contributed by atoms with E-state index in [-0.39, 0.29) is 30.2 Å². The van der Waals surface area contributed by atoms with E-state index in [2.05, 4.69) is 15.2 Å². The van der Waals surface area contributed by atoms with Crippen molar-refractivity contribution in [2.75, 3.05) is 32.7 Å². The zero-order valence-electron chi connectivity index (χ0n) is 17.8. The highest BCUT2D eigenvalue weighted by Gasteiger charge is 2.24. The number of benzene rings is 1. The predicted octanol–water partition coefficient (Wildman–Crippen LogP) is 3.24. The summed E-state index contributed by atoms with van der Waals surface area (Å²) in [6, 6.07) is 9.81. The molecule has 3 aromatic rings. The minimum absolute atomic E-state index is 0.0810. The molecule has 2 aromatic heterocycles. The normalized spacial score (nSPS) is 15.5. The quantitative estimate of drug-likeness (QED) is 0.573. The van der Waals surface area contributed by atoms with Gasteiger partial charge in [-0.3, -0.25) is 14.5 Å². The van der Waals surface area contributed by atoms with Crippen LogP contribution in [0, 0.1) is 12.7 Å². The lowest BCUT2D eigenvalue weighted by Gasteiger charge is -2.34. The molecule has 32 heavy (non-hydrogen) atoms. The lowest BCUT2D eigenvalue weighted by atomic mass is 10.1. The molecule has 168 valence electrons. The van der Waals surface area contributed by atoms with Gasteiger partial charge in [0, 0.05) is 42.1 Å². The second-order valence-corrected chi connectivity index (χ2v) is 9.71. The van der Waals surface area contributed by atoms with Crippen LogP contribution in [0.5, 0.6) is 0 Å². The molecule has 1 aromatic carbocycles. The third kappa shape index (κ3) is 5.79. The fraction of sp³-hybridized carbons (Fsp3) is 0.348. The highest BCUT2D eigenvalue weighted by molar-refractivity contribution is 7.10. The molecule has 0 spiro atoms. The molecule has 6 nitrogen and oxygen atoms in total. The van der Waals surface area contributed by atoms with Gasteiger partial charge >= 0.3 is 0 Å². The number of aryl methyl sites for hydroxylation is 1. The third-order valence-corrected chi connectivity index (χ3v) is 7.30. The first-order chi connectivity index (χ1) is 15.5. The standard InChI is InChI=1S/C23H25FN4O2S2/c1-16-15-32-21(25-16)13-22(30)28-10-8-27(9-11-28)14-20(29)26-23(19-3-2-12-31-19)17-4-6-18(24)7-5-17/h2-7,12,15,23H,8-11,13-14H2,1H3,(H,26,29)/t23-/m1/s1. The number of amides is 2. The average Bonchev–Trinajstić information content (AvgIpc) is 3.45. The summed E-state index contributed by atoms with van der Waals surface area (Å²) >= 11 is 3.07. The van der Waals surface area contributed by atoms with E-state index in [1.807, 2.05) is 34.7 Å². The number of thiazole rings is 1. The molecule has 0 unspecified atom stereocenters. The zero-order valence-corrected chi connectivity index (χ0v) is 19.4. The number of hydrogen-bond donors (Lipinski definition) is 1. The molecular formula is C23H25FN4O2S2. The van der Waals surface area contributed by atoms with Gasteiger partial charge in [0.25, 0.3) is 0 Å². The van der Waals surface area contributed by atoms with Crippen molar-refractivity contribution in [1.82, 2.24) is 20.1 Å². The van der Waals surface area contributed by atoms with Crippen molar-refractivity contribution in [2.45, 2.75) is 19.4 Å². The van der Waals surface area contributed by atoms with Gasteiger partial charge < -0.3 is 10.2 Å². The van der Waals surface area contributed by atoms with Gasteiger partial charge in [0.05, 0.1) is 19.0 Å². The van der Waals surface area contributed by atoms with Crippen molar-refractivity contribution in [3.8, 4) is 0 Å². The maximum Gasteiger partial charge on any atom is 0.234 e. The maximum atomic E-state index is 13.4. The summed E-state index contributed by atoms with van der Waals surface area (Å²) in [5, 5.41) is 7.85. The van der Waals surface area contributed by atoms with Crippen LogP contribution in [0.1, 0.15) is 27.2 Å². The number of nitrogens with zero attached hydrogens (tertiary/aromatic N) is 3. The van der Waals surface area contributed by atoms with E-state index < -0.39 is 0 Å². The van der Waals surface area contributed by atoms with Gasteiger partial charge in [0.2, 0.25) is 11.8 Å². The smallest absolute Gasteiger partial charge is 0.234 e. The van der Waals surface area contributed by atoms with Crippen molar-refractivity contribution in [2.24, 2.45) is 0 Å². The minimum atomic E-state index is -0.312. The van der Waals surface area contributed by atoms with Crippen LogP contribution in [0.3, 0.4) is 0 Å². The van der Waals surface area contributed by atoms with Crippen LogP contribution >= 0.6 is 22.7 Å². The Labute approximate surface area is 194 Å². The summed E-state index contributed by atoms with van der Waals surface area (Å²) in [6.45, 7) is 4.68. The molecule has 0 bridgehead atoms. The number of halogens is 1. The Morgan fingerprint density at radius 1 is 1.12 bits per heavy atom. The van der Waals surface area contributed by atoms with Crippen LogP contribution in [0.15, 0.2) is 47.2 Å². The molecule has 0 radical (unpaired) electrons. The number of piperazine rings is 1. The predicted molar refractivity (Wildman–Crippen MR) is 124 cm³/mol. The van der Waals surface area contributed by atoms with Crippen LogP contribution in [0.2, 0.25) is 0 Å². The Morgan fingerprint density at radius 3 is 2.50 bits per heavy atom. The summed E-state index contributed by atoms with van der Waals surface area (Å²) in [4.78, 5) is 34.6. The van der Waals surface area contributed by atoms with Crippen LogP contribution in [-0.4, -0.2) is 59.3 Å². The summed E-state index contributed by atoms with van der Waals surface area (Å²) in [5.74, 6) is -0.314. The van der Waals surface area contributed by atoms with Crippen LogP contribution in [0.4, 0.5) is 4.39 Å². The number of hydrogen-bond acceptors (Lipinski definition) is 6. The van der Waals surface area contributed by atoms with Gasteiger partial charge in [-0.25, -0.2) is 9.37 Å². The molecule has 2 amide bonds. The van der Waals surface area contributed by atoms with Gasteiger partial charge in [-0.05, 0) is 36.1 Å². The van der Waals surface area contributed by atoms with Gasteiger partial charge in [-0.15, -0.1) is 22.7 Å². The Hall–Kier alpha value is -2.62. The Balaban J connectivity index is 1.30. The van der Waals surface area contributed by atoms with E-state index in [4.69, 9.17) is 0 Å². The average molecular weight is 473 g/mol. The van der Waals surface area contributed by atoms with Crippen LogP contribution in [0.25, 0.3) is 0 Å². The first kappa shape index (κ1) is 22.6. The summed E-state index contributed by atoms with van der Waals surface area (Å²) in [5.41, 5.74) is 1.78. The number of rotatable bonds is 7. The molecule has 1 fully saturated rings. The molecule has 1 saturated heterocycles. The van der Waals surface area contributed by atoms with E-state index in [1.54, 1.807) is 23.5 Å². The topological polar surface area (TPSA) is 65.5 Å². The number of nitrogens with one attached hydrogen (secondary N) is 1. The highest BCUT2D eigenvalue weighted by atomic mass is 32.1. The number of aromatic nitrogens is 1. The SMILES string of the molecule is Cc1csc(CC(=O)N2CCN(CC(=O)N[C@H](c3ccc(F)cc3)c3cccs3)CC2)n1. The molecule has 4 rings (SSSR count). The Morgan fingerprint density at radius 2 is 1.88 bits per heavy atom. The van der Waals surface area contributed by atoms with Gasteiger partial charge in [-0.1, -0.05) is 18.2 Å². The van der Waals surface area contributed by atoms with Crippen molar-refractivity contribution in [3.05, 3.63) is 74.1 Å². The van der Waals surface area contributed by atoms with Crippen LogP contribution < -0.4 is 5.32 Å². The van der Waals surface area contributed by atoms with Crippen molar-refractivity contribution in [3.63, 3.8) is 0 Å². The molecule has 3 heterocycles. The summed E-state index contributed by atoms with van der Waals surface area (Å²) in [6.07, 6.45) is 0.332. The van der Waals surface area contributed by atoms with Crippen molar-refractivity contribution in [1.29, 1.82) is 0 Å². The molecule has 0 saturated carbocycles. The summed E-state index contributed by atoms with van der Waals surface area (Å²) < 4.78 is 13.4. The monoisotopic (exact) mass is 472 g/mol. The fourth-order valence-corrected chi connectivity index (χ4v) is 5.28. The first-order valence-corrected chi connectivity index (χ1v) is 12.2. The molecule has 1 atom stereocenters. The molecule has 9 heteroatoms. The van der Waals surface area contributed by atoms with E-state index in [0.29, 0.717) is 32.6 Å². The van der Waals surface area contributed by atoms with Gasteiger partial charge in [-0.2, -0.15) is 0 Å². The molecule has 0 aliphatic carbocycles. The van der Waals surface area contributed by atoms with E-state index in [1.165, 1.54) is 23.5 Å². The molecule has 1 aliphatic rings. The fourth-order valence-electron chi connectivity index (χ4n) is 3.72. The second kappa shape index (κ2) is 10.3. The molecular weight excluding hydrogens is 447 g/mol. The van der Waals surface area contributed by atoms with Crippen molar-refractivity contribution < 1.29 is 14.0 Å². The Bertz CT molecular complexity index is 1040. The van der Waals surface area contributed by atoms with Crippen LogP contribution in [-0.2, 0) is 16.0 Å². The van der Waals surface area contributed by atoms with Gasteiger partial charge in [0.15, 0.2) is 0 Å². The highest BCUT2D eigenvalue weighted by Crippen LogP contribution is 2.26. The minimum Gasteiger partial charge on any atom is -0.343 e. The lowest BCUT2D eigenvalue weighted by Crippen LogP contribution is -2.51. The van der Waals surface area contributed by atoms with Crippen molar-refractivity contribution >= 4 is 34.5 Å². The Kier molecular flexibility index (Phi) is 7.29. The number of carbonyl (C=O) groups excluding carboxylic acids is 2. The number of carbonyl (C=O) groups is 2. The maximum absolute atomic E-state index is 13.4. The zero-order chi connectivity index (χ0) is 22.5. The lowest BCUT2D eigenvalue weighted by molar-refractivity contribution is -0.132. The summed E-state index contributed by atoms with van der Waals surface area (Å²) in [7, 11) is 0. The largest absolute Gasteiger partial charge is 0.343 e. The number of thiophene rings is 1. The van der Waals surface area contributed by atoms with E-state index in [0.717, 1.165) is 21.1 Å². The van der Waals surface area contributed by atoms with E-state index in [9.17, 15) is 14.0 Å². The van der Waals surface area contributed by atoms with Gasteiger partial charge in [0.1, 0.15) is 10.8 Å². The first-order valence-electron chi connectivity index (χ1n) is 10.5.